The molecule has 3 N–H and O–H groups in total. The lowest BCUT2D eigenvalue weighted by Gasteiger charge is -2.06. The molecule has 140 valence electrons. The smallest absolute Gasteiger partial charge is 0.0662 e. The Kier molecular flexibility index (Phi) is 19.9. The summed E-state index contributed by atoms with van der Waals surface area (Å²) in [7, 11) is 0. The zero-order valence-corrected chi connectivity index (χ0v) is 16.0. The third kappa shape index (κ3) is 19.9. The van der Waals surface area contributed by atoms with Gasteiger partial charge in [0, 0.05) is 6.54 Å². The van der Waals surface area contributed by atoms with Crippen molar-refractivity contribution in [1.82, 2.24) is 0 Å². The third-order valence-electron chi connectivity index (χ3n) is 4.91. The van der Waals surface area contributed by atoms with E-state index in [1.54, 1.807) is 0 Å². The van der Waals surface area contributed by atoms with Gasteiger partial charge in [-0.3, -0.25) is 0 Å². The lowest BCUT2D eigenvalue weighted by molar-refractivity contribution is 0.168. The highest BCUT2D eigenvalue weighted by Crippen LogP contribution is 2.14. The van der Waals surface area contributed by atoms with Gasteiger partial charge in [0.1, 0.15) is 0 Å². The first-order valence-electron chi connectivity index (χ1n) is 10.7. The van der Waals surface area contributed by atoms with Gasteiger partial charge in [-0.1, -0.05) is 116 Å². The highest BCUT2D eigenvalue weighted by atomic mass is 16.3. The van der Waals surface area contributed by atoms with Crippen LogP contribution in [0.3, 0.4) is 0 Å². The van der Waals surface area contributed by atoms with Crippen LogP contribution in [0.25, 0.3) is 0 Å². The molecular weight excluding hydrogens is 282 g/mol. The first-order valence-corrected chi connectivity index (χ1v) is 10.7. The van der Waals surface area contributed by atoms with E-state index >= 15 is 0 Å². The molecule has 23 heavy (non-hydrogen) atoms. The lowest BCUT2D eigenvalue weighted by Crippen LogP contribution is -2.19. The molecule has 1 atom stereocenters. The van der Waals surface area contributed by atoms with Crippen LogP contribution in [0, 0.1) is 0 Å². The summed E-state index contributed by atoms with van der Waals surface area (Å²) in [4.78, 5) is 0. The number of aliphatic hydroxyl groups is 1. The van der Waals surface area contributed by atoms with E-state index in [1.807, 2.05) is 0 Å². The molecule has 0 bridgehead atoms. The molecule has 0 aliphatic carbocycles. The van der Waals surface area contributed by atoms with Crippen LogP contribution in [-0.4, -0.2) is 17.8 Å². The molecule has 0 saturated heterocycles. The van der Waals surface area contributed by atoms with Gasteiger partial charge in [-0.2, -0.15) is 0 Å². The Hall–Kier alpha value is -0.0800. The van der Waals surface area contributed by atoms with Gasteiger partial charge < -0.3 is 10.8 Å². The van der Waals surface area contributed by atoms with Crippen LogP contribution in [0.5, 0.6) is 0 Å². The monoisotopic (exact) mass is 327 g/mol. The Morgan fingerprint density at radius 1 is 0.565 bits per heavy atom. The maximum absolute atomic E-state index is 9.36. The van der Waals surface area contributed by atoms with E-state index in [9.17, 15) is 5.11 Å². The normalized spacial score (nSPS) is 12.7. The Labute approximate surface area is 146 Å². The van der Waals surface area contributed by atoms with Gasteiger partial charge in [0.25, 0.3) is 0 Å². The Bertz CT molecular complexity index is 208. The van der Waals surface area contributed by atoms with Crippen molar-refractivity contribution in [1.29, 1.82) is 0 Å². The van der Waals surface area contributed by atoms with E-state index in [0.717, 1.165) is 12.8 Å². The second kappa shape index (κ2) is 20.0. The van der Waals surface area contributed by atoms with E-state index in [-0.39, 0.29) is 6.10 Å². The summed E-state index contributed by atoms with van der Waals surface area (Å²) in [5.41, 5.74) is 5.39. The molecule has 0 heterocycles. The van der Waals surface area contributed by atoms with Crippen LogP contribution < -0.4 is 5.73 Å². The quantitative estimate of drug-likeness (QED) is 0.272. The fourth-order valence-electron chi connectivity index (χ4n) is 3.22. The van der Waals surface area contributed by atoms with Crippen LogP contribution in [0.4, 0.5) is 0 Å². The third-order valence-corrected chi connectivity index (χ3v) is 4.91. The summed E-state index contributed by atoms with van der Waals surface area (Å²) < 4.78 is 0. The van der Waals surface area contributed by atoms with Crippen molar-refractivity contribution in [3.05, 3.63) is 0 Å². The van der Waals surface area contributed by atoms with Gasteiger partial charge >= 0.3 is 0 Å². The summed E-state index contributed by atoms with van der Waals surface area (Å²) in [6, 6.07) is 0. The minimum atomic E-state index is -0.272. The molecule has 0 rings (SSSR count). The van der Waals surface area contributed by atoms with Gasteiger partial charge in [0.2, 0.25) is 0 Å². The van der Waals surface area contributed by atoms with Gasteiger partial charge in [0.15, 0.2) is 0 Å². The molecule has 0 aromatic heterocycles. The summed E-state index contributed by atoms with van der Waals surface area (Å²) in [5, 5.41) is 9.36. The van der Waals surface area contributed by atoms with Crippen LogP contribution in [0.2, 0.25) is 0 Å². The van der Waals surface area contributed by atoms with Crippen molar-refractivity contribution in [3.63, 3.8) is 0 Å². The molecule has 0 aromatic carbocycles. The topological polar surface area (TPSA) is 46.2 Å². The average molecular weight is 328 g/mol. The fraction of sp³-hybridized carbons (Fsp3) is 1.00. The predicted octanol–water partition coefficient (Wildman–Crippen LogP) is 6.35. The maximum Gasteiger partial charge on any atom is 0.0662 e. The first kappa shape index (κ1) is 22.9. The van der Waals surface area contributed by atoms with Crippen molar-refractivity contribution in [2.45, 2.75) is 129 Å². The lowest BCUT2D eigenvalue weighted by atomic mass is 10.0. The first-order chi connectivity index (χ1) is 11.3. The second-order valence-electron chi connectivity index (χ2n) is 7.34. The number of aliphatic hydroxyl groups excluding tert-OH is 1. The molecule has 0 aliphatic heterocycles. The minimum absolute atomic E-state index is 0.272. The van der Waals surface area contributed by atoms with Gasteiger partial charge in [-0.25, -0.2) is 0 Å². The van der Waals surface area contributed by atoms with E-state index in [0.29, 0.717) is 6.54 Å². The zero-order chi connectivity index (χ0) is 17.0. The van der Waals surface area contributed by atoms with Gasteiger partial charge in [-0.15, -0.1) is 0 Å². The number of unbranched alkanes of at least 4 members (excludes halogenated alkanes) is 16. The van der Waals surface area contributed by atoms with Gasteiger partial charge in [-0.05, 0) is 6.42 Å². The van der Waals surface area contributed by atoms with E-state index in [4.69, 9.17) is 5.73 Å². The molecule has 0 fully saturated rings. The van der Waals surface area contributed by atoms with E-state index in [2.05, 4.69) is 6.92 Å². The standard InChI is InChI=1S/C21H45NO/c1-2-3-4-5-6-7-8-9-10-11-12-13-14-15-16-17-18-19-21(23)20-22/h21,23H,2-20,22H2,1H3. The summed E-state index contributed by atoms with van der Waals surface area (Å²) in [5.74, 6) is 0. The van der Waals surface area contributed by atoms with Crippen molar-refractivity contribution in [3.8, 4) is 0 Å². The van der Waals surface area contributed by atoms with Crippen molar-refractivity contribution < 1.29 is 5.11 Å². The average Bonchev–Trinajstić information content (AvgIpc) is 2.57. The van der Waals surface area contributed by atoms with Crippen LogP contribution in [0.15, 0.2) is 0 Å². The molecular formula is C21H45NO. The van der Waals surface area contributed by atoms with Crippen molar-refractivity contribution >= 4 is 0 Å². The number of rotatable bonds is 19. The fourth-order valence-corrected chi connectivity index (χ4v) is 3.22. The number of hydrogen-bond acceptors (Lipinski definition) is 2. The predicted molar refractivity (Wildman–Crippen MR) is 104 cm³/mol. The maximum atomic E-state index is 9.36. The number of nitrogens with two attached hydrogens (primary N) is 1. The van der Waals surface area contributed by atoms with Crippen LogP contribution in [0.1, 0.15) is 122 Å². The number of hydrogen-bond donors (Lipinski definition) is 2. The van der Waals surface area contributed by atoms with Crippen LogP contribution in [-0.2, 0) is 0 Å². The zero-order valence-electron chi connectivity index (χ0n) is 16.0. The van der Waals surface area contributed by atoms with Crippen molar-refractivity contribution in [2.75, 3.05) is 6.54 Å². The van der Waals surface area contributed by atoms with Crippen molar-refractivity contribution in [2.24, 2.45) is 5.73 Å². The highest BCUT2D eigenvalue weighted by Gasteiger charge is 1.99. The van der Waals surface area contributed by atoms with E-state index < -0.39 is 0 Å². The molecule has 0 radical (unpaired) electrons. The minimum Gasteiger partial charge on any atom is -0.392 e. The molecule has 0 spiro atoms. The molecule has 0 aliphatic rings. The summed E-state index contributed by atoms with van der Waals surface area (Å²) in [6.07, 6.45) is 24.4. The Morgan fingerprint density at radius 2 is 0.870 bits per heavy atom. The second-order valence-corrected chi connectivity index (χ2v) is 7.34. The summed E-state index contributed by atoms with van der Waals surface area (Å²) >= 11 is 0. The molecule has 0 saturated carbocycles. The SMILES string of the molecule is CCCCCCCCCCCCCCCCCCCC(O)CN. The Morgan fingerprint density at radius 3 is 1.17 bits per heavy atom. The molecule has 0 aromatic rings. The largest absolute Gasteiger partial charge is 0.392 e. The Balaban J connectivity index is 2.97. The summed E-state index contributed by atoms with van der Waals surface area (Å²) in [6.45, 7) is 2.70. The van der Waals surface area contributed by atoms with E-state index in [1.165, 1.54) is 103 Å². The van der Waals surface area contributed by atoms with Crippen LogP contribution >= 0.6 is 0 Å². The van der Waals surface area contributed by atoms with Gasteiger partial charge in [0.05, 0.1) is 6.10 Å². The molecule has 1 unspecified atom stereocenters. The highest BCUT2D eigenvalue weighted by molar-refractivity contribution is 4.56. The molecule has 2 nitrogen and oxygen atoms in total. The molecule has 2 heteroatoms. The molecule has 0 amide bonds.